The van der Waals surface area contributed by atoms with Crippen LogP contribution >= 0.6 is 0 Å². The quantitative estimate of drug-likeness (QED) is 0.651. The maximum absolute atomic E-state index is 11.7. The molecule has 5 heteroatoms. The Morgan fingerprint density at radius 1 is 1.37 bits per heavy atom. The molecule has 1 fully saturated rings. The van der Waals surface area contributed by atoms with E-state index in [-0.39, 0.29) is 17.7 Å². The number of nitrogens with two attached hydrogens (primary N) is 1. The van der Waals surface area contributed by atoms with E-state index in [2.05, 4.69) is 5.32 Å². The van der Waals surface area contributed by atoms with E-state index < -0.39 is 5.97 Å². The molecule has 19 heavy (non-hydrogen) atoms. The van der Waals surface area contributed by atoms with Crippen LogP contribution in [0.2, 0.25) is 0 Å². The standard InChI is InChI=1S/C14H26N2O3/c1-10(8-15)6-7-13(17)16-9-11-4-2-3-5-12(11)14(18)19/h10-12H,2-9,15H2,1H3,(H,16,17)(H,18,19). The second kappa shape index (κ2) is 8.15. The zero-order chi connectivity index (χ0) is 14.3. The van der Waals surface area contributed by atoms with Gasteiger partial charge in [0.25, 0.3) is 0 Å². The van der Waals surface area contributed by atoms with E-state index in [1.165, 1.54) is 0 Å². The minimum Gasteiger partial charge on any atom is -0.481 e. The molecule has 4 N–H and O–H groups in total. The molecule has 3 unspecified atom stereocenters. The molecule has 0 bridgehead atoms. The summed E-state index contributed by atoms with van der Waals surface area (Å²) in [5.41, 5.74) is 5.50. The van der Waals surface area contributed by atoms with Crippen LogP contribution in [0.15, 0.2) is 0 Å². The lowest BCUT2D eigenvalue weighted by Crippen LogP contribution is -2.37. The number of carboxylic acid groups (broad SMARTS) is 1. The van der Waals surface area contributed by atoms with Crippen molar-refractivity contribution in [2.75, 3.05) is 13.1 Å². The van der Waals surface area contributed by atoms with Crippen LogP contribution in [-0.2, 0) is 9.59 Å². The zero-order valence-corrected chi connectivity index (χ0v) is 11.7. The van der Waals surface area contributed by atoms with Gasteiger partial charge in [-0.25, -0.2) is 0 Å². The molecular weight excluding hydrogens is 244 g/mol. The first kappa shape index (κ1) is 16.0. The van der Waals surface area contributed by atoms with Gasteiger partial charge in [-0.05, 0) is 37.6 Å². The summed E-state index contributed by atoms with van der Waals surface area (Å²) in [6.45, 7) is 3.11. The summed E-state index contributed by atoms with van der Waals surface area (Å²) in [5, 5.41) is 12.0. The lowest BCUT2D eigenvalue weighted by Gasteiger charge is -2.28. The van der Waals surface area contributed by atoms with Gasteiger partial charge in [0.15, 0.2) is 0 Å². The van der Waals surface area contributed by atoms with Gasteiger partial charge in [0.1, 0.15) is 0 Å². The summed E-state index contributed by atoms with van der Waals surface area (Å²) in [7, 11) is 0. The molecule has 1 aliphatic rings. The highest BCUT2D eigenvalue weighted by Crippen LogP contribution is 2.29. The third-order valence-corrected chi connectivity index (χ3v) is 4.05. The third-order valence-electron chi connectivity index (χ3n) is 4.05. The van der Waals surface area contributed by atoms with E-state index in [0.717, 1.165) is 32.1 Å². The molecule has 5 nitrogen and oxygen atoms in total. The van der Waals surface area contributed by atoms with Crippen molar-refractivity contribution in [3.05, 3.63) is 0 Å². The lowest BCUT2D eigenvalue weighted by atomic mass is 9.79. The zero-order valence-electron chi connectivity index (χ0n) is 11.7. The van der Waals surface area contributed by atoms with Crippen LogP contribution in [0, 0.1) is 17.8 Å². The first-order chi connectivity index (χ1) is 9.04. The Morgan fingerprint density at radius 3 is 2.68 bits per heavy atom. The molecule has 3 atom stereocenters. The van der Waals surface area contributed by atoms with E-state index in [4.69, 9.17) is 10.8 Å². The molecule has 0 aromatic heterocycles. The molecule has 1 saturated carbocycles. The molecular formula is C14H26N2O3. The first-order valence-corrected chi connectivity index (χ1v) is 7.24. The van der Waals surface area contributed by atoms with Gasteiger partial charge in [0.2, 0.25) is 5.91 Å². The number of aliphatic carboxylic acids is 1. The Bertz CT molecular complexity index is 307. The van der Waals surface area contributed by atoms with Gasteiger partial charge in [-0.3, -0.25) is 9.59 Å². The molecule has 0 aromatic carbocycles. The molecule has 0 radical (unpaired) electrons. The number of amides is 1. The summed E-state index contributed by atoms with van der Waals surface area (Å²) in [4.78, 5) is 22.8. The van der Waals surface area contributed by atoms with Crippen LogP contribution in [0.1, 0.15) is 45.4 Å². The molecule has 1 rings (SSSR count). The van der Waals surface area contributed by atoms with E-state index in [9.17, 15) is 9.59 Å². The van der Waals surface area contributed by atoms with Crippen molar-refractivity contribution in [3.8, 4) is 0 Å². The highest BCUT2D eigenvalue weighted by atomic mass is 16.4. The molecule has 1 aliphatic carbocycles. The minimum atomic E-state index is -0.726. The Hall–Kier alpha value is -1.10. The molecule has 110 valence electrons. The number of carbonyl (C=O) groups excluding carboxylic acids is 1. The van der Waals surface area contributed by atoms with Gasteiger partial charge in [-0.2, -0.15) is 0 Å². The number of nitrogens with one attached hydrogen (secondary N) is 1. The average molecular weight is 270 g/mol. The number of rotatable bonds is 7. The number of hydrogen-bond donors (Lipinski definition) is 3. The molecule has 1 amide bonds. The predicted molar refractivity (Wildman–Crippen MR) is 73.5 cm³/mol. The Balaban J connectivity index is 2.29. The smallest absolute Gasteiger partial charge is 0.306 e. The minimum absolute atomic E-state index is 0.00927. The fourth-order valence-electron chi connectivity index (χ4n) is 2.61. The van der Waals surface area contributed by atoms with Crippen LogP contribution in [-0.4, -0.2) is 30.1 Å². The van der Waals surface area contributed by atoms with Crippen molar-refractivity contribution in [2.24, 2.45) is 23.5 Å². The molecule has 0 heterocycles. The molecule has 0 aromatic rings. The Labute approximate surface area is 114 Å². The fourth-order valence-corrected chi connectivity index (χ4v) is 2.61. The third kappa shape index (κ3) is 5.59. The van der Waals surface area contributed by atoms with E-state index in [1.807, 2.05) is 6.92 Å². The van der Waals surface area contributed by atoms with E-state index >= 15 is 0 Å². The Morgan fingerprint density at radius 2 is 2.05 bits per heavy atom. The van der Waals surface area contributed by atoms with Crippen molar-refractivity contribution in [3.63, 3.8) is 0 Å². The molecule has 0 saturated heterocycles. The summed E-state index contributed by atoms with van der Waals surface area (Å²) < 4.78 is 0. The first-order valence-electron chi connectivity index (χ1n) is 7.24. The lowest BCUT2D eigenvalue weighted by molar-refractivity contribution is -0.145. The molecule has 0 aliphatic heterocycles. The Kier molecular flexibility index (Phi) is 6.84. The number of hydrogen-bond acceptors (Lipinski definition) is 3. The summed E-state index contributed by atoms with van der Waals surface area (Å²) in [6.07, 6.45) is 4.94. The van der Waals surface area contributed by atoms with Gasteiger partial charge in [0, 0.05) is 13.0 Å². The van der Waals surface area contributed by atoms with Gasteiger partial charge >= 0.3 is 5.97 Å². The van der Waals surface area contributed by atoms with Crippen molar-refractivity contribution < 1.29 is 14.7 Å². The van der Waals surface area contributed by atoms with Crippen molar-refractivity contribution >= 4 is 11.9 Å². The normalized spacial score (nSPS) is 24.7. The van der Waals surface area contributed by atoms with Gasteiger partial charge in [0.05, 0.1) is 5.92 Å². The van der Waals surface area contributed by atoms with Crippen LogP contribution < -0.4 is 11.1 Å². The summed E-state index contributed by atoms with van der Waals surface area (Å²) in [6, 6.07) is 0. The maximum atomic E-state index is 11.7. The predicted octanol–water partition coefficient (Wildman–Crippen LogP) is 1.37. The second-order valence-corrected chi connectivity index (χ2v) is 5.67. The second-order valence-electron chi connectivity index (χ2n) is 5.67. The number of carbonyl (C=O) groups is 2. The van der Waals surface area contributed by atoms with Crippen LogP contribution in [0.5, 0.6) is 0 Å². The fraction of sp³-hybridized carbons (Fsp3) is 0.857. The van der Waals surface area contributed by atoms with Crippen LogP contribution in [0.25, 0.3) is 0 Å². The van der Waals surface area contributed by atoms with Crippen molar-refractivity contribution in [1.29, 1.82) is 0 Å². The van der Waals surface area contributed by atoms with Crippen molar-refractivity contribution in [1.82, 2.24) is 5.32 Å². The van der Waals surface area contributed by atoms with E-state index in [1.54, 1.807) is 0 Å². The van der Waals surface area contributed by atoms with Crippen molar-refractivity contribution in [2.45, 2.75) is 45.4 Å². The van der Waals surface area contributed by atoms with Gasteiger partial charge < -0.3 is 16.2 Å². The van der Waals surface area contributed by atoms with Gasteiger partial charge in [-0.15, -0.1) is 0 Å². The SMILES string of the molecule is CC(CN)CCC(=O)NCC1CCCCC1C(=O)O. The highest BCUT2D eigenvalue weighted by Gasteiger charge is 2.30. The average Bonchev–Trinajstić information content (AvgIpc) is 2.42. The maximum Gasteiger partial charge on any atom is 0.306 e. The highest BCUT2D eigenvalue weighted by molar-refractivity contribution is 5.76. The monoisotopic (exact) mass is 270 g/mol. The largest absolute Gasteiger partial charge is 0.481 e. The van der Waals surface area contributed by atoms with Gasteiger partial charge in [-0.1, -0.05) is 19.8 Å². The van der Waals surface area contributed by atoms with Crippen LogP contribution in [0.3, 0.4) is 0 Å². The number of carboxylic acids is 1. The van der Waals surface area contributed by atoms with Crippen LogP contribution in [0.4, 0.5) is 0 Å². The summed E-state index contributed by atoms with van der Waals surface area (Å²) >= 11 is 0. The molecule has 0 spiro atoms. The topological polar surface area (TPSA) is 92.4 Å². The van der Waals surface area contributed by atoms with E-state index in [0.29, 0.717) is 25.4 Å². The summed E-state index contributed by atoms with van der Waals surface area (Å²) in [5.74, 6) is -0.572.